The van der Waals surface area contributed by atoms with Gasteiger partial charge in [0.1, 0.15) is 0 Å². The molecule has 158 valence electrons. The van der Waals surface area contributed by atoms with Crippen LogP contribution in [0.1, 0.15) is 17.3 Å². The van der Waals surface area contributed by atoms with E-state index in [0.29, 0.717) is 11.4 Å². The zero-order valence-electron chi connectivity index (χ0n) is 16.4. The van der Waals surface area contributed by atoms with Crippen LogP contribution in [-0.4, -0.2) is 22.0 Å². The smallest absolute Gasteiger partial charge is 0.270 e. The fourth-order valence-electron chi connectivity index (χ4n) is 2.65. The van der Waals surface area contributed by atoms with E-state index in [9.17, 15) is 19.7 Å². The molecule has 0 aromatic heterocycles. The molecule has 2 N–H and O–H groups in total. The fourth-order valence-corrected chi connectivity index (χ4v) is 3.84. The quantitative estimate of drug-likeness (QED) is 0.245. The zero-order chi connectivity index (χ0) is 22.4. The van der Waals surface area contributed by atoms with Gasteiger partial charge in [0.15, 0.2) is 0 Å². The molecule has 7 nitrogen and oxygen atoms in total. The van der Waals surface area contributed by atoms with E-state index in [1.807, 2.05) is 30.3 Å². The summed E-state index contributed by atoms with van der Waals surface area (Å²) in [4.78, 5) is 36.1. The number of hydrogen-bond donors (Lipinski definition) is 2. The molecule has 0 spiro atoms. The molecule has 0 aliphatic heterocycles. The number of benzene rings is 3. The molecule has 0 bridgehead atoms. The average molecular weight is 500 g/mol. The second-order valence-corrected chi connectivity index (χ2v) is 8.88. The van der Waals surface area contributed by atoms with Gasteiger partial charge in [-0.2, -0.15) is 0 Å². The second-order valence-electron chi connectivity index (χ2n) is 6.55. The maximum atomic E-state index is 12.5. The van der Waals surface area contributed by atoms with Gasteiger partial charge < -0.3 is 10.6 Å². The molecule has 3 rings (SSSR count). The van der Waals surface area contributed by atoms with E-state index >= 15 is 0 Å². The van der Waals surface area contributed by atoms with Crippen molar-refractivity contribution in [3.8, 4) is 0 Å². The molecule has 0 heterocycles. The topological polar surface area (TPSA) is 101 Å². The number of nitro groups is 1. The van der Waals surface area contributed by atoms with Crippen molar-refractivity contribution in [1.29, 1.82) is 0 Å². The van der Waals surface area contributed by atoms with Gasteiger partial charge in [-0.05, 0) is 55.5 Å². The first kappa shape index (κ1) is 22.5. The normalized spacial score (nSPS) is 11.4. The summed E-state index contributed by atoms with van der Waals surface area (Å²) in [5.41, 5.74) is 1.28. The Morgan fingerprint density at radius 2 is 1.68 bits per heavy atom. The summed E-state index contributed by atoms with van der Waals surface area (Å²) in [6, 6.07) is 19.9. The van der Waals surface area contributed by atoms with E-state index < -0.39 is 10.8 Å². The van der Waals surface area contributed by atoms with Crippen LogP contribution in [-0.2, 0) is 4.79 Å². The van der Waals surface area contributed by atoms with Crippen LogP contribution in [0.15, 0.2) is 82.2 Å². The van der Waals surface area contributed by atoms with Gasteiger partial charge in [0.25, 0.3) is 11.6 Å². The minimum atomic E-state index is -0.547. The van der Waals surface area contributed by atoms with Crippen LogP contribution in [0.5, 0.6) is 0 Å². The highest BCUT2D eigenvalue weighted by Crippen LogP contribution is 2.27. The molecule has 31 heavy (non-hydrogen) atoms. The Hall–Kier alpha value is -3.17. The Balaban J connectivity index is 1.63. The average Bonchev–Trinajstić information content (AvgIpc) is 2.75. The number of halogens is 1. The summed E-state index contributed by atoms with van der Waals surface area (Å²) in [6.07, 6.45) is 0. The Labute approximate surface area is 191 Å². The first-order valence-electron chi connectivity index (χ1n) is 9.21. The van der Waals surface area contributed by atoms with Crippen molar-refractivity contribution in [2.75, 3.05) is 10.6 Å². The minimum absolute atomic E-state index is 0.140. The first-order chi connectivity index (χ1) is 14.8. The highest BCUT2D eigenvalue weighted by atomic mass is 79.9. The molecule has 0 fully saturated rings. The van der Waals surface area contributed by atoms with Crippen LogP contribution in [0.2, 0.25) is 0 Å². The fraction of sp³-hybridized carbons (Fsp3) is 0.0909. The van der Waals surface area contributed by atoms with Crippen molar-refractivity contribution in [3.05, 3.63) is 92.9 Å². The molecule has 0 aliphatic rings. The van der Waals surface area contributed by atoms with Crippen molar-refractivity contribution in [2.45, 2.75) is 17.1 Å². The van der Waals surface area contributed by atoms with E-state index in [4.69, 9.17) is 0 Å². The third-order valence-corrected chi connectivity index (χ3v) is 5.83. The Kier molecular flexibility index (Phi) is 7.43. The number of non-ortho nitro benzene ring substituents is 1. The standard InChI is InChI=1S/C22H18BrN3O4S/c1-14(21(27)24-17-10-8-16(23)9-11-17)31-20-7-3-5-18(13-20)25-22(28)15-4-2-6-19(12-15)26(29)30/h2-14H,1H3,(H,24,27)(H,25,28). The van der Waals surface area contributed by atoms with Crippen molar-refractivity contribution < 1.29 is 14.5 Å². The molecule has 1 unspecified atom stereocenters. The Bertz CT molecular complexity index is 1120. The maximum absolute atomic E-state index is 12.5. The summed E-state index contributed by atoms with van der Waals surface area (Å²) in [5.74, 6) is -0.592. The Morgan fingerprint density at radius 3 is 2.39 bits per heavy atom. The predicted octanol–water partition coefficient (Wildman–Crippen LogP) is 5.73. The number of nitro benzene ring substituents is 1. The number of rotatable bonds is 7. The van der Waals surface area contributed by atoms with Crippen LogP contribution in [0, 0.1) is 10.1 Å². The lowest BCUT2D eigenvalue weighted by molar-refractivity contribution is -0.384. The van der Waals surface area contributed by atoms with Crippen LogP contribution < -0.4 is 10.6 Å². The summed E-state index contributed by atoms with van der Waals surface area (Å²) >= 11 is 4.71. The molecule has 9 heteroatoms. The molecular formula is C22H18BrN3O4S. The van der Waals surface area contributed by atoms with E-state index in [-0.39, 0.29) is 22.4 Å². The number of anilines is 2. The molecule has 1 atom stereocenters. The van der Waals surface area contributed by atoms with Crippen molar-refractivity contribution in [3.63, 3.8) is 0 Å². The summed E-state index contributed by atoms with van der Waals surface area (Å²) in [5, 5.41) is 16.1. The van der Waals surface area contributed by atoms with E-state index in [1.165, 1.54) is 36.0 Å². The lowest BCUT2D eigenvalue weighted by atomic mass is 10.2. The molecule has 2 amide bonds. The third-order valence-electron chi connectivity index (χ3n) is 4.20. The number of thioether (sulfide) groups is 1. The number of nitrogens with one attached hydrogen (secondary N) is 2. The van der Waals surface area contributed by atoms with Crippen LogP contribution in [0.25, 0.3) is 0 Å². The predicted molar refractivity (Wildman–Crippen MR) is 126 cm³/mol. The SMILES string of the molecule is CC(Sc1cccc(NC(=O)c2cccc([N+](=O)[O-])c2)c1)C(=O)Nc1ccc(Br)cc1. The lowest BCUT2D eigenvalue weighted by Gasteiger charge is -2.13. The van der Waals surface area contributed by atoms with Crippen molar-refractivity contribution in [2.24, 2.45) is 0 Å². The number of carbonyl (C=O) groups excluding carboxylic acids is 2. The summed E-state index contributed by atoms with van der Waals surface area (Å²) in [7, 11) is 0. The molecule has 0 saturated carbocycles. The first-order valence-corrected chi connectivity index (χ1v) is 10.9. The number of nitrogens with zero attached hydrogens (tertiary/aromatic N) is 1. The lowest BCUT2D eigenvalue weighted by Crippen LogP contribution is -2.22. The highest BCUT2D eigenvalue weighted by molar-refractivity contribution is 9.10. The minimum Gasteiger partial charge on any atom is -0.325 e. The molecule has 3 aromatic rings. The Morgan fingerprint density at radius 1 is 0.968 bits per heavy atom. The number of hydrogen-bond acceptors (Lipinski definition) is 5. The molecule has 0 aliphatic carbocycles. The van der Waals surface area contributed by atoms with Gasteiger partial charge >= 0.3 is 0 Å². The number of amides is 2. The van der Waals surface area contributed by atoms with Gasteiger partial charge in [-0.25, -0.2) is 0 Å². The largest absolute Gasteiger partial charge is 0.325 e. The van der Waals surface area contributed by atoms with Gasteiger partial charge in [0.2, 0.25) is 5.91 Å². The second kappa shape index (κ2) is 10.2. The van der Waals surface area contributed by atoms with E-state index in [2.05, 4.69) is 26.6 Å². The van der Waals surface area contributed by atoms with Crippen LogP contribution in [0.3, 0.4) is 0 Å². The highest BCUT2D eigenvalue weighted by Gasteiger charge is 2.16. The monoisotopic (exact) mass is 499 g/mol. The number of carbonyl (C=O) groups is 2. The molecule has 0 saturated heterocycles. The van der Waals surface area contributed by atoms with Gasteiger partial charge in [-0.1, -0.05) is 28.1 Å². The molecule has 0 radical (unpaired) electrons. The summed E-state index contributed by atoms with van der Waals surface area (Å²) in [6.45, 7) is 1.80. The zero-order valence-corrected chi connectivity index (χ0v) is 18.8. The van der Waals surface area contributed by atoms with Crippen molar-refractivity contribution in [1.82, 2.24) is 0 Å². The van der Waals surface area contributed by atoms with E-state index in [1.54, 1.807) is 25.1 Å². The molecular weight excluding hydrogens is 482 g/mol. The van der Waals surface area contributed by atoms with Crippen LogP contribution >= 0.6 is 27.7 Å². The van der Waals surface area contributed by atoms with Gasteiger partial charge in [-0.3, -0.25) is 19.7 Å². The maximum Gasteiger partial charge on any atom is 0.270 e. The third kappa shape index (κ3) is 6.40. The summed E-state index contributed by atoms with van der Waals surface area (Å²) < 4.78 is 0.928. The van der Waals surface area contributed by atoms with E-state index in [0.717, 1.165) is 9.37 Å². The van der Waals surface area contributed by atoms with Crippen molar-refractivity contribution >= 4 is 56.6 Å². The van der Waals surface area contributed by atoms with Crippen LogP contribution in [0.4, 0.5) is 17.1 Å². The van der Waals surface area contributed by atoms with Gasteiger partial charge in [0.05, 0.1) is 10.2 Å². The molecule has 3 aromatic carbocycles. The van der Waals surface area contributed by atoms with Gasteiger partial charge in [-0.15, -0.1) is 11.8 Å². The van der Waals surface area contributed by atoms with Gasteiger partial charge in [0, 0.05) is 38.4 Å².